The normalized spacial score (nSPS) is 13.0. The van der Waals surface area contributed by atoms with Crippen LogP contribution in [0, 0.1) is 6.92 Å². The highest BCUT2D eigenvalue weighted by molar-refractivity contribution is 7.13. The summed E-state index contributed by atoms with van der Waals surface area (Å²) in [4.78, 5) is 4.58. The van der Waals surface area contributed by atoms with Crippen LogP contribution < -0.4 is 5.32 Å². The molecule has 0 aliphatic rings. The number of aryl methyl sites for hydroxylation is 1. The van der Waals surface area contributed by atoms with Crippen molar-refractivity contribution in [1.82, 2.24) is 10.3 Å². The molecular weight excluding hydrogens is 208 g/mol. The molecule has 0 aromatic carbocycles. The van der Waals surface area contributed by atoms with Crippen LogP contribution in [0.15, 0.2) is 22.1 Å². The van der Waals surface area contributed by atoms with Gasteiger partial charge in [0, 0.05) is 11.4 Å². The SMILES string of the molecule is CNC(C)c1csc(-c2ccoc2C)n1. The van der Waals surface area contributed by atoms with Crippen LogP contribution in [0.4, 0.5) is 0 Å². The molecule has 0 spiro atoms. The fourth-order valence-electron chi connectivity index (χ4n) is 1.36. The number of thiazole rings is 1. The summed E-state index contributed by atoms with van der Waals surface area (Å²) in [6.07, 6.45) is 1.70. The van der Waals surface area contributed by atoms with Gasteiger partial charge >= 0.3 is 0 Å². The van der Waals surface area contributed by atoms with Crippen molar-refractivity contribution in [2.24, 2.45) is 0 Å². The summed E-state index contributed by atoms with van der Waals surface area (Å²) in [5.74, 6) is 0.924. The van der Waals surface area contributed by atoms with E-state index in [4.69, 9.17) is 4.42 Å². The molecule has 0 fully saturated rings. The Morgan fingerprint density at radius 1 is 1.53 bits per heavy atom. The molecule has 4 heteroatoms. The molecule has 80 valence electrons. The van der Waals surface area contributed by atoms with Gasteiger partial charge in [0.1, 0.15) is 10.8 Å². The van der Waals surface area contributed by atoms with E-state index < -0.39 is 0 Å². The van der Waals surface area contributed by atoms with E-state index in [0.29, 0.717) is 6.04 Å². The van der Waals surface area contributed by atoms with Crippen molar-refractivity contribution in [1.29, 1.82) is 0 Å². The van der Waals surface area contributed by atoms with E-state index in [2.05, 4.69) is 22.6 Å². The molecule has 0 saturated carbocycles. The number of aromatic nitrogens is 1. The van der Waals surface area contributed by atoms with E-state index in [0.717, 1.165) is 22.0 Å². The molecule has 2 aromatic rings. The lowest BCUT2D eigenvalue weighted by atomic mass is 10.2. The van der Waals surface area contributed by atoms with Gasteiger partial charge in [0.25, 0.3) is 0 Å². The third kappa shape index (κ3) is 1.96. The van der Waals surface area contributed by atoms with Crippen LogP contribution in [0.2, 0.25) is 0 Å². The van der Waals surface area contributed by atoms with Gasteiger partial charge in [-0.25, -0.2) is 4.98 Å². The quantitative estimate of drug-likeness (QED) is 0.867. The number of hydrogen-bond donors (Lipinski definition) is 1. The third-order valence-electron chi connectivity index (χ3n) is 2.49. The number of nitrogens with zero attached hydrogens (tertiary/aromatic N) is 1. The minimum Gasteiger partial charge on any atom is -0.469 e. The monoisotopic (exact) mass is 222 g/mol. The second-order valence-corrected chi connectivity index (χ2v) is 4.34. The molecule has 1 N–H and O–H groups in total. The Hall–Kier alpha value is -1.13. The summed E-state index contributed by atoms with van der Waals surface area (Å²) in [6, 6.07) is 2.25. The zero-order valence-electron chi connectivity index (χ0n) is 9.07. The number of rotatable bonds is 3. The van der Waals surface area contributed by atoms with Crippen LogP contribution in [-0.4, -0.2) is 12.0 Å². The predicted octanol–water partition coefficient (Wildman–Crippen LogP) is 2.99. The van der Waals surface area contributed by atoms with Gasteiger partial charge in [-0.1, -0.05) is 0 Å². The van der Waals surface area contributed by atoms with Gasteiger partial charge in [0.05, 0.1) is 17.5 Å². The zero-order valence-corrected chi connectivity index (χ0v) is 9.89. The summed E-state index contributed by atoms with van der Waals surface area (Å²) in [7, 11) is 1.94. The Morgan fingerprint density at radius 2 is 2.33 bits per heavy atom. The van der Waals surface area contributed by atoms with Gasteiger partial charge in [-0.15, -0.1) is 11.3 Å². The van der Waals surface area contributed by atoms with E-state index >= 15 is 0 Å². The van der Waals surface area contributed by atoms with Gasteiger partial charge in [-0.2, -0.15) is 0 Å². The highest BCUT2D eigenvalue weighted by Crippen LogP contribution is 2.29. The molecule has 2 aromatic heterocycles. The largest absolute Gasteiger partial charge is 0.469 e. The molecule has 2 heterocycles. The van der Waals surface area contributed by atoms with Crippen molar-refractivity contribution in [2.75, 3.05) is 7.05 Å². The van der Waals surface area contributed by atoms with Crippen LogP contribution in [0.1, 0.15) is 24.4 Å². The van der Waals surface area contributed by atoms with Crippen LogP contribution >= 0.6 is 11.3 Å². The van der Waals surface area contributed by atoms with Gasteiger partial charge in [-0.3, -0.25) is 0 Å². The minimum atomic E-state index is 0.294. The van der Waals surface area contributed by atoms with Crippen LogP contribution in [0.3, 0.4) is 0 Å². The number of nitrogens with one attached hydrogen (secondary N) is 1. The predicted molar refractivity (Wildman–Crippen MR) is 62.0 cm³/mol. The standard InChI is InChI=1S/C11H14N2OS/c1-7(12-3)10-6-15-11(13-10)9-4-5-14-8(9)2/h4-7,12H,1-3H3. The maximum atomic E-state index is 5.27. The summed E-state index contributed by atoms with van der Waals surface area (Å²) in [6.45, 7) is 4.05. The maximum absolute atomic E-state index is 5.27. The fraction of sp³-hybridized carbons (Fsp3) is 0.364. The molecule has 0 amide bonds. The number of hydrogen-bond acceptors (Lipinski definition) is 4. The first kappa shape index (κ1) is 10.4. The molecule has 0 bridgehead atoms. The summed E-state index contributed by atoms with van der Waals surface area (Å²) < 4.78 is 5.27. The summed E-state index contributed by atoms with van der Waals surface area (Å²) in [5.41, 5.74) is 2.17. The van der Waals surface area contributed by atoms with Crippen molar-refractivity contribution < 1.29 is 4.42 Å². The average molecular weight is 222 g/mol. The lowest BCUT2D eigenvalue weighted by molar-refractivity contribution is 0.535. The van der Waals surface area contributed by atoms with Crippen LogP contribution in [-0.2, 0) is 0 Å². The van der Waals surface area contributed by atoms with Gasteiger partial charge in [0.15, 0.2) is 0 Å². The molecule has 15 heavy (non-hydrogen) atoms. The van der Waals surface area contributed by atoms with Gasteiger partial charge in [-0.05, 0) is 27.0 Å². The summed E-state index contributed by atoms with van der Waals surface area (Å²) >= 11 is 1.65. The molecule has 0 aliphatic carbocycles. The van der Waals surface area contributed by atoms with Crippen molar-refractivity contribution >= 4 is 11.3 Å². The topological polar surface area (TPSA) is 38.1 Å². The van der Waals surface area contributed by atoms with Gasteiger partial charge < -0.3 is 9.73 Å². The highest BCUT2D eigenvalue weighted by atomic mass is 32.1. The molecule has 1 unspecified atom stereocenters. The average Bonchev–Trinajstić information content (AvgIpc) is 2.84. The van der Waals surface area contributed by atoms with Crippen LogP contribution in [0.5, 0.6) is 0 Å². The van der Waals surface area contributed by atoms with Crippen molar-refractivity contribution in [2.45, 2.75) is 19.9 Å². The molecule has 1 atom stereocenters. The smallest absolute Gasteiger partial charge is 0.127 e. The maximum Gasteiger partial charge on any atom is 0.127 e. The van der Waals surface area contributed by atoms with E-state index in [1.165, 1.54) is 0 Å². The van der Waals surface area contributed by atoms with E-state index in [1.807, 2.05) is 20.0 Å². The van der Waals surface area contributed by atoms with E-state index in [-0.39, 0.29) is 0 Å². The van der Waals surface area contributed by atoms with Gasteiger partial charge in [0.2, 0.25) is 0 Å². The zero-order chi connectivity index (χ0) is 10.8. The Bertz CT molecular complexity index is 447. The van der Waals surface area contributed by atoms with Crippen molar-refractivity contribution in [3.8, 4) is 10.6 Å². The van der Waals surface area contributed by atoms with Crippen LogP contribution in [0.25, 0.3) is 10.6 Å². The Labute approximate surface area is 93.2 Å². The van der Waals surface area contributed by atoms with Crippen molar-refractivity contribution in [3.05, 3.63) is 29.2 Å². The summed E-state index contributed by atoms with van der Waals surface area (Å²) in [5, 5.41) is 6.29. The molecular formula is C11H14N2OS. The first-order valence-electron chi connectivity index (χ1n) is 4.89. The second-order valence-electron chi connectivity index (χ2n) is 3.48. The van der Waals surface area contributed by atoms with Crippen molar-refractivity contribution in [3.63, 3.8) is 0 Å². The third-order valence-corrected chi connectivity index (χ3v) is 3.38. The lowest BCUT2D eigenvalue weighted by Gasteiger charge is -2.04. The molecule has 0 saturated heterocycles. The Kier molecular flexibility index (Phi) is 2.88. The first-order valence-corrected chi connectivity index (χ1v) is 5.77. The minimum absolute atomic E-state index is 0.294. The Morgan fingerprint density at radius 3 is 2.93 bits per heavy atom. The molecule has 0 aliphatic heterocycles. The fourth-order valence-corrected chi connectivity index (χ4v) is 2.35. The van der Waals surface area contributed by atoms with E-state index in [1.54, 1.807) is 17.6 Å². The number of furan rings is 1. The lowest BCUT2D eigenvalue weighted by Crippen LogP contribution is -2.12. The molecule has 0 radical (unpaired) electrons. The Balaban J connectivity index is 2.32. The first-order chi connectivity index (χ1) is 7.22. The molecule has 3 nitrogen and oxygen atoms in total. The van der Waals surface area contributed by atoms with E-state index in [9.17, 15) is 0 Å². The second kappa shape index (κ2) is 4.16. The molecule has 2 rings (SSSR count). The highest BCUT2D eigenvalue weighted by Gasteiger charge is 2.12.